The maximum absolute atomic E-state index is 9.88. The van der Waals surface area contributed by atoms with E-state index in [9.17, 15) is 15.3 Å². The van der Waals surface area contributed by atoms with Crippen LogP contribution >= 0.6 is 0 Å². The van der Waals surface area contributed by atoms with Crippen molar-refractivity contribution in [2.24, 2.45) is 0 Å². The number of nitrogens with zero attached hydrogens (tertiary/aromatic N) is 2. The highest BCUT2D eigenvalue weighted by atomic mass is 16.5. The first kappa shape index (κ1) is 16.9. The minimum Gasteiger partial charge on any atom is -0.508 e. The second-order valence-corrected chi connectivity index (χ2v) is 5.53. The molecule has 6 heteroatoms. The second-order valence-electron chi connectivity index (χ2n) is 5.53. The minimum atomic E-state index is -0.0510. The van der Waals surface area contributed by atoms with E-state index < -0.39 is 0 Å². The van der Waals surface area contributed by atoms with Crippen molar-refractivity contribution >= 4 is 0 Å². The van der Waals surface area contributed by atoms with Crippen LogP contribution in [0.15, 0.2) is 48.5 Å². The molecule has 130 valence electrons. The Hall–Kier alpha value is -2.99. The van der Waals surface area contributed by atoms with E-state index in [0.717, 1.165) is 16.8 Å². The van der Waals surface area contributed by atoms with Gasteiger partial charge in [0, 0.05) is 11.1 Å². The number of hydrogen-bond donors (Lipinski definition) is 3. The highest BCUT2D eigenvalue weighted by molar-refractivity contribution is 5.71. The Morgan fingerprint density at radius 3 is 2.60 bits per heavy atom. The van der Waals surface area contributed by atoms with E-state index in [0.29, 0.717) is 24.6 Å². The molecule has 0 fully saturated rings. The van der Waals surface area contributed by atoms with Gasteiger partial charge in [-0.3, -0.25) is 4.68 Å². The predicted octanol–water partition coefficient (Wildman–Crippen LogP) is 3.02. The number of aliphatic hydroxyl groups is 1. The number of hydrogen-bond acceptors (Lipinski definition) is 5. The maximum Gasteiger partial charge on any atom is 0.161 e. The average Bonchev–Trinajstić information content (AvgIpc) is 3.01. The van der Waals surface area contributed by atoms with Crippen molar-refractivity contribution in [2.75, 3.05) is 13.2 Å². The van der Waals surface area contributed by atoms with Gasteiger partial charge in [-0.25, -0.2) is 0 Å². The molecule has 0 saturated heterocycles. The van der Waals surface area contributed by atoms with Gasteiger partial charge in [0.1, 0.15) is 5.75 Å². The Morgan fingerprint density at radius 1 is 1.04 bits per heavy atom. The SMILES string of the molecule is CCOc1cc(-c2cc(-c3cccc(O)c3)nn2CCO)ccc1O. The number of aliphatic hydroxyl groups excluding tert-OH is 1. The molecule has 3 N–H and O–H groups in total. The van der Waals surface area contributed by atoms with E-state index in [1.807, 2.05) is 19.1 Å². The molecule has 0 bridgehead atoms. The number of aromatic nitrogens is 2. The van der Waals surface area contributed by atoms with Gasteiger partial charge in [-0.15, -0.1) is 0 Å². The summed E-state index contributed by atoms with van der Waals surface area (Å²) in [6, 6.07) is 13.8. The standard InChI is InChI=1S/C19H20N2O4/c1-2-25-19-11-14(6-7-18(19)24)17-12-16(20-21(17)8-9-22)13-4-3-5-15(23)10-13/h3-7,10-12,22-24H,2,8-9H2,1H3. The van der Waals surface area contributed by atoms with Crippen LogP contribution in [-0.2, 0) is 6.54 Å². The molecule has 25 heavy (non-hydrogen) atoms. The first-order valence-electron chi connectivity index (χ1n) is 8.06. The van der Waals surface area contributed by atoms with Crippen LogP contribution in [-0.4, -0.2) is 38.3 Å². The molecule has 0 unspecified atom stereocenters. The monoisotopic (exact) mass is 340 g/mol. The van der Waals surface area contributed by atoms with Crippen molar-refractivity contribution in [3.8, 4) is 39.8 Å². The normalized spacial score (nSPS) is 10.8. The van der Waals surface area contributed by atoms with Crippen molar-refractivity contribution in [3.05, 3.63) is 48.5 Å². The lowest BCUT2D eigenvalue weighted by Gasteiger charge is -2.09. The molecule has 0 spiro atoms. The molecule has 0 radical (unpaired) electrons. The summed E-state index contributed by atoms with van der Waals surface area (Å²) in [4.78, 5) is 0. The number of phenolic OH excluding ortho intramolecular Hbond substituents is 2. The fourth-order valence-electron chi connectivity index (χ4n) is 2.67. The third-order valence-electron chi connectivity index (χ3n) is 3.79. The molecule has 6 nitrogen and oxygen atoms in total. The minimum absolute atomic E-state index is 0.0510. The highest BCUT2D eigenvalue weighted by Crippen LogP contribution is 2.34. The molecule has 0 saturated carbocycles. The number of rotatable bonds is 6. The summed E-state index contributed by atoms with van der Waals surface area (Å²) in [5.74, 6) is 0.640. The molecule has 0 atom stereocenters. The topological polar surface area (TPSA) is 87.7 Å². The third kappa shape index (κ3) is 3.59. The van der Waals surface area contributed by atoms with Gasteiger partial charge in [0.25, 0.3) is 0 Å². The second kappa shape index (κ2) is 7.27. The van der Waals surface area contributed by atoms with Crippen molar-refractivity contribution < 1.29 is 20.1 Å². The molecule has 2 aromatic carbocycles. The fraction of sp³-hybridized carbons (Fsp3) is 0.211. The molecular formula is C19H20N2O4. The Bertz CT molecular complexity index is 874. The predicted molar refractivity (Wildman–Crippen MR) is 94.7 cm³/mol. The fourth-order valence-corrected chi connectivity index (χ4v) is 2.67. The first-order valence-corrected chi connectivity index (χ1v) is 8.06. The van der Waals surface area contributed by atoms with Gasteiger partial charge in [0.15, 0.2) is 11.5 Å². The van der Waals surface area contributed by atoms with Crippen LogP contribution in [0, 0.1) is 0 Å². The molecule has 1 heterocycles. The van der Waals surface area contributed by atoms with E-state index in [2.05, 4.69) is 5.10 Å². The van der Waals surface area contributed by atoms with Gasteiger partial charge in [0.05, 0.1) is 31.1 Å². The molecule has 3 rings (SSSR count). The Balaban J connectivity index is 2.07. The van der Waals surface area contributed by atoms with Gasteiger partial charge >= 0.3 is 0 Å². The summed E-state index contributed by atoms with van der Waals surface area (Å²) in [5, 5.41) is 33.4. The van der Waals surface area contributed by atoms with Crippen LogP contribution in [0.25, 0.3) is 22.5 Å². The zero-order valence-corrected chi connectivity index (χ0v) is 13.9. The zero-order valence-electron chi connectivity index (χ0n) is 13.9. The molecule has 0 aliphatic heterocycles. The third-order valence-corrected chi connectivity index (χ3v) is 3.79. The lowest BCUT2D eigenvalue weighted by atomic mass is 10.1. The Morgan fingerprint density at radius 2 is 1.88 bits per heavy atom. The molecule has 0 amide bonds. The van der Waals surface area contributed by atoms with Crippen LogP contribution in [0.2, 0.25) is 0 Å². The summed E-state index contributed by atoms with van der Waals surface area (Å²) in [6.45, 7) is 2.58. The van der Waals surface area contributed by atoms with E-state index >= 15 is 0 Å². The summed E-state index contributed by atoms with van der Waals surface area (Å²) >= 11 is 0. The van der Waals surface area contributed by atoms with Crippen LogP contribution < -0.4 is 4.74 Å². The largest absolute Gasteiger partial charge is 0.508 e. The van der Waals surface area contributed by atoms with Crippen molar-refractivity contribution in [3.63, 3.8) is 0 Å². The lowest BCUT2D eigenvalue weighted by molar-refractivity contribution is 0.270. The highest BCUT2D eigenvalue weighted by Gasteiger charge is 2.14. The number of phenols is 2. The van der Waals surface area contributed by atoms with E-state index in [1.54, 1.807) is 41.1 Å². The Kier molecular flexibility index (Phi) is 4.90. The number of ether oxygens (including phenoxy) is 1. The van der Waals surface area contributed by atoms with E-state index in [1.165, 1.54) is 0 Å². The van der Waals surface area contributed by atoms with Crippen LogP contribution in [0.1, 0.15) is 6.92 Å². The number of aromatic hydroxyl groups is 2. The summed E-state index contributed by atoms with van der Waals surface area (Å²) in [5.41, 5.74) is 3.06. The quantitative estimate of drug-likeness (QED) is 0.642. The number of benzene rings is 2. The molecule has 3 aromatic rings. The summed E-state index contributed by atoms with van der Waals surface area (Å²) < 4.78 is 7.14. The molecule has 0 aliphatic rings. The van der Waals surface area contributed by atoms with E-state index in [-0.39, 0.29) is 18.1 Å². The molecule has 0 aliphatic carbocycles. The van der Waals surface area contributed by atoms with Crippen LogP contribution in [0.5, 0.6) is 17.2 Å². The lowest BCUT2D eigenvalue weighted by Crippen LogP contribution is -2.06. The molecular weight excluding hydrogens is 320 g/mol. The Labute approximate surface area is 145 Å². The van der Waals surface area contributed by atoms with Crippen molar-refractivity contribution in [1.29, 1.82) is 0 Å². The van der Waals surface area contributed by atoms with Crippen molar-refractivity contribution in [2.45, 2.75) is 13.5 Å². The van der Waals surface area contributed by atoms with Gasteiger partial charge in [-0.1, -0.05) is 12.1 Å². The van der Waals surface area contributed by atoms with Crippen molar-refractivity contribution in [1.82, 2.24) is 9.78 Å². The first-order chi connectivity index (χ1) is 12.1. The summed E-state index contributed by atoms with van der Waals surface area (Å²) in [6.07, 6.45) is 0. The van der Waals surface area contributed by atoms with Gasteiger partial charge in [-0.2, -0.15) is 5.10 Å². The summed E-state index contributed by atoms with van der Waals surface area (Å²) in [7, 11) is 0. The van der Waals surface area contributed by atoms with Crippen LogP contribution in [0.3, 0.4) is 0 Å². The molecule has 1 aromatic heterocycles. The maximum atomic E-state index is 9.88. The van der Waals surface area contributed by atoms with Gasteiger partial charge < -0.3 is 20.1 Å². The smallest absolute Gasteiger partial charge is 0.161 e. The van der Waals surface area contributed by atoms with Crippen LogP contribution in [0.4, 0.5) is 0 Å². The van der Waals surface area contributed by atoms with Gasteiger partial charge in [0.2, 0.25) is 0 Å². The zero-order chi connectivity index (χ0) is 17.8. The average molecular weight is 340 g/mol. The van der Waals surface area contributed by atoms with E-state index in [4.69, 9.17) is 4.74 Å². The van der Waals surface area contributed by atoms with Gasteiger partial charge in [-0.05, 0) is 43.3 Å².